The Morgan fingerprint density at radius 1 is 1.11 bits per heavy atom. The van der Waals surface area contributed by atoms with E-state index in [1.54, 1.807) is 0 Å². The minimum Gasteiger partial charge on any atom is -0.338 e. The topological polar surface area (TPSA) is 26.8 Å². The van der Waals surface area contributed by atoms with E-state index in [0.29, 0.717) is 12.5 Å². The minimum atomic E-state index is 0.207. The van der Waals surface area contributed by atoms with Gasteiger partial charge in [-0.1, -0.05) is 30.2 Å². The molecule has 0 unspecified atom stereocenters. The molecule has 1 atom stereocenters. The van der Waals surface area contributed by atoms with E-state index in [4.69, 9.17) is 11.6 Å². The maximum absolute atomic E-state index is 12.6. The summed E-state index contributed by atoms with van der Waals surface area (Å²) in [5, 5.41) is 0.749. The van der Waals surface area contributed by atoms with Gasteiger partial charge in [-0.05, 0) is 75.5 Å². The molecule has 1 aromatic rings. The highest BCUT2D eigenvalue weighted by molar-refractivity contribution is 6.30. The number of amides is 1. The Kier molecular flexibility index (Phi) is 5.77. The van der Waals surface area contributed by atoms with Crippen LogP contribution in [0.5, 0.6) is 0 Å². The van der Waals surface area contributed by atoms with Gasteiger partial charge in [0.2, 0.25) is 5.91 Å². The first-order valence-electron chi connectivity index (χ1n) is 10.5. The van der Waals surface area contributed by atoms with Crippen molar-refractivity contribution in [2.24, 2.45) is 5.41 Å². The van der Waals surface area contributed by atoms with Crippen molar-refractivity contribution >= 4 is 17.5 Å². The number of benzene rings is 1. The molecular weight excluding hydrogens is 358 g/mol. The van der Waals surface area contributed by atoms with Gasteiger partial charge < -0.3 is 14.7 Å². The molecule has 148 valence electrons. The molecule has 4 nitrogen and oxygen atoms in total. The standard InChI is InChI=1S/C22H32ClN3O/c1-24-11-3-2-4-20(24)16-25-12-9-22(10-13-25)14-21(27)26(17-22)15-18-5-7-19(23)8-6-18/h5-8,20H,2-4,9-17H2,1H3/t20-/m1/s1. The summed E-state index contributed by atoms with van der Waals surface area (Å²) in [5.41, 5.74) is 1.38. The molecule has 0 radical (unpaired) electrons. The molecule has 3 aliphatic heterocycles. The van der Waals surface area contributed by atoms with Gasteiger partial charge in [0.1, 0.15) is 0 Å². The fourth-order valence-corrected chi connectivity index (χ4v) is 5.28. The summed E-state index contributed by atoms with van der Waals surface area (Å²) >= 11 is 5.98. The summed E-state index contributed by atoms with van der Waals surface area (Å²) in [6.45, 7) is 6.38. The molecule has 0 N–H and O–H groups in total. The molecule has 0 aliphatic carbocycles. The largest absolute Gasteiger partial charge is 0.338 e. The fourth-order valence-electron chi connectivity index (χ4n) is 5.15. The highest BCUT2D eigenvalue weighted by atomic mass is 35.5. The Morgan fingerprint density at radius 2 is 1.85 bits per heavy atom. The zero-order chi connectivity index (χ0) is 18.9. The molecule has 4 rings (SSSR count). The number of carbonyl (C=O) groups excluding carboxylic acids is 1. The van der Waals surface area contributed by atoms with Crippen molar-refractivity contribution < 1.29 is 4.79 Å². The second-order valence-electron chi connectivity index (χ2n) is 8.98. The molecule has 1 aromatic carbocycles. The van der Waals surface area contributed by atoms with Crippen molar-refractivity contribution in [3.05, 3.63) is 34.9 Å². The van der Waals surface area contributed by atoms with Gasteiger partial charge in [-0.2, -0.15) is 0 Å². The van der Waals surface area contributed by atoms with Crippen molar-refractivity contribution in [3.8, 4) is 0 Å². The Morgan fingerprint density at radius 3 is 2.56 bits per heavy atom. The van der Waals surface area contributed by atoms with Crippen LogP contribution in [0.2, 0.25) is 5.02 Å². The van der Waals surface area contributed by atoms with E-state index in [0.717, 1.165) is 50.0 Å². The molecule has 3 fully saturated rings. The van der Waals surface area contributed by atoms with Crippen LogP contribution in [0.4, 0.5) is 0 Å². The summed E-state index contributed by atoms with van der Waals surface area (Å²) in [5.74, 6) is 0.324. The van der Waals surface area contributed by atoms with Crippen LogP contribution >= 0.6 is 11.6 Å². The van der Waals surface area contributed by atoms with Crippen molar-refractivity contribution in [1.82, 2.24) is 14.7 Å². The predicted octanol–water partition coefficient (Wildman–Crippen LogP) is 3.64. The predicted molar refractivity (Wildman–Crippen MR) is 110 cm³/mol. The van der Waals surface area contributed by atoms with E-state index in [1.807, 2.05) is 24.3 Å². The molecule has 0 bridgehead atoms. The minimum absolute atomic E-state index is 0.207. The smallest absolute Gasteiger partial charge is 0.223 e. The third kappa shape index (κ3) is 4.49. The number of halogens is 1. The van der Waals surface area contributed by atoms with Gasteiger partial charge >= 0.3 is 0 Å². The second kappa shape index (κ2) is 8.10. The lowest BCUT2D eigenvalue weighted by molar-refractivity contribution is -0.128. The lowest BCUT2D eigenvalue weighted by Crippen LogP contribution is -2.49. The molecule has 1 spiro atoms. The molecule has 5 heteroatoms. The summed E-state index contributed by atoms with van der Waals surface area (Å²) in [6, 6.07) is 8.61. The molecule has 1 amide bonds. The van der Waals surface area contributed by atoms with E-state index in [2.05, 4.69) is 21.7 Å². The highest BCUT2D eigenvalue weighted by Gasteiger charge is 2.44. The maximum Gasteiger partial charge on any atom is 0.223 e. The number of hydrogen-bond acceptors (Lipinski definition) is 3. The number of piperidine rings is 2. The highest BCUT2D eigenvalue weighted by Crippen LogP contribution is 2.41. The van der Waals surface area contributed by atoms with Crippen molar-refractivity contribution in [2.75, 3.05) is 39.8 Å². The summed E-state index contributed by atoms with van der Waals surface area (Å²) in [6.07, 6.45) is 7.12. The average Bonchev–Trinajstić information content (AvgIpc) is 2.96. The molecular formula is C22H32ClN3O. The van der Waals surface area contributed by atoms with Crippen LogP contribution in [0.3, 0.4) is 0 Å². The van der Waals surface area contributed by atoms with E-state index >= 15 is 0 Å². The first kappa shape index (κ1) is 19.2. The number of nitrogens with zero attached hydrogens (tertiary/aromatic N) is 3. The van der Waals surface area contributed by atoms with Gasteiger partial charge in [0.15, 0.2) is 0 Å². The number of hydrogen-bond donors (Lipinski definition) is 0. The Balaban J connectivity index is 1.30. The van der Waals surface area contributed by atoms with Gasteiger partial charge in [0, 0.05) is 37.1 Å². The summed E-state index contributed by atoms with van der Waals surface area (Å²) in [7, 11) is 2.28. The second-order valence-corrected chi connectivity index (χ2v) is 9.42. The lowest BCUT2D eigenvalue weighted by atomic mass is 9.77. The average molecular weight is 390 g/mol. The molecule has 3 aliphatic rings. The Hall–Kier alpha value is -1.10. The van der Waals surface area contributed by atoms with Crippen LogP contribution < -0.4 is 0 Å². The van der Waals surface area contributed by atoms with Crippen LogP contribution in [0.1, 0.15) is 44.1 Å². The SMILES string of the molecule is CN1CCCC[C@@H]1CN1CCC2(CC1)CC(=O)N(Cc1ccc(Cl)cc1)C2. The van der Waals surface area contributed by atoms with Crippen LogP contribution in [-0.2, 0) is 11.3 Å². The molecule has 27 heavy (non-hydrogen) atoms. The van der Waals surface area contributed by atoms with Crippen LogP contribution in [0.25, 0.3) is 0 Å². The van der Waals surface area contributed by atoms with Crippen molar-refractivity contribution in [3.63, 3.8) is 0 Å². The lowest BCUT2D eigenvalue weighted by Gasteiger charge is -2.42. The molecule has 3 heterocycles. The first-order valence-corrected chi connectivity index (χ1v) is 10.9. The zero-order valence-corrected chi connectivity index (χ0v) is 17.3. The number of carbonyl (C=O) groups is 1. The number of likely N-dealkylation sites (N-methyl/N-ethyl adjacent to an activating group) is 1. The first-order chi connectivity index (χ1) is 13.0. The Bertz CT molecular complexity index is 654. The monoisotopic (exact) mass is 389 g/mol. The van der Waals surface area contributed by atoms with Crippen LogP contribution in [-0.4, -0.2) is 66.4 Å². The molecule has 0 aromatic heterocycles. The maximum atomic E-state index is 12.6. The van der Waals surface area contributed by atoms with Gasteiger partial charge in [-0.3, -0.25) is 4.79 Å². The quantitative estimate of drug-likeness (QED) is 0.786. The normalized spacial score (nSPS) is 26.8. The third-order valence-corrected chi connectivity index (χ3v) is 7.25. The Labute approximate surface area is 168 Å². The van der Waals surface area contributed by atoms with Gasteiger partial charge in [-0.15, -0.1) is 0 Å². The third-order valence-electron chi connectivity index (χ3n) is 7.00. The molecule has 3 saturated heterocycles. The summed E-state index contributed by atoms with van der Waals surface area (Å²) in [4.78, 5) is 19.9. The summed E-state index contributed by atoms with van der Waals surface area (Å²) < 4.78 is 0. The van der Waals surface area contributed by atoms with Crippen LogP contribution in [0, 0.1) is 5.41 Å². The van der Waals surface area contributed by atoms with E-state index < -0.39 is 0 Å². The van der Waals surface area contributed by atoms with E-state index in [9.17, 15) is 4.79 Å². The van der Waals surface area contributed by atoms with Crippen LogP contribution in [0.15, 0.2) is 24.3 Å². The van der Waals surface area contributed by atoms with Crippen molar-refractivity contribution in [2.45, 2.75) is 51.1 Å². The number of likely N-dealkylation sites (tertiary alicyclic amines) is 3. The van der Waals surface area contributed by atoms with Crippen molar-refractivity contribution in [1.29, 1.82) is 0 Å². The van der Waals surface area contributed by atoms with E-state index in [-0.39, 0.29) is 5.41 Å². The number of rotatable bonds is 4. The fraction of sp³-hybridized carbons (Fsp3) is 0.682. The van der Waals surface area contributed by atoms with E-state index in [1.165, 1.54) is 37.9 Å². The molecule has 0 saturated carbocycles. The van der Waals surface area contributed by atoms with Gasteiger partial charge in [-0.25, -0.2) is 0 Å². The zero-order valence-electron chi connectivity index (χ0n) is 16.5. The van der Waals surface area contributed by atoms with Gasteiger partial charge in [0.25, 0.3) is 0 Å². The van der Waals surface area contributed by atoms with Gasteiger partial charge in [0.05, 0.1) is 0 Å².